The van der Waals surface area contributed by atoms with Crippen LogP contribution in [0.5, 0.6) is 0 Å². The zero-order chi connectivity index (χ0) is 26.6. The molecule has 2 aromatic heterocycles. The molecule has 0 amide bonds. The van der Waals surface area contributed by atoms with Gasteiger partial charge in [-0.2, -0.15) is 0 Å². The number of imidazole rings is 1. The standard InChI is InChI=1S/C33H47N5/c1-3-15-26(16-4-2)32-37-30-28-18-12-13-19-29(28)36-33(31(30)38-32)35-27-22-20-25(21-23-27)17-11-9-7-5-6-8-10-14-24-34/h12-13,18-23,26H,3-11,14-17,24,34H2,1-2H3,(H,35,36)(H,37,38). The first-order valence-corrected chi connectivity index (χ1v) is 15.1. The minimum atomic E-state index is 0.458. The molecule has 0 aliphatic rings. The van der Waals surface area contributed by atoms with Gasteiger partial charge in [0.15, 0.2) is 5.82 Å². The lowest BCUT2D eigenvalue weighted by molar-refractivity contribution is 0.539. The molecular weight excluding hydrogens is 466 g/mol. The maximum Gasteiger partial charge on any atom is 0.157 e. The molecular formula is C33H47N5. The van der Waals surface area contributed by atoms with E-state index in [0.717, 1.165) is 77.9 Å². The van der Waals surface area contributed by atoms with E-state index in [9.17, 15) is 0 Å². The Hall–Kier alpha value is -2.92. The molecule has 4 rings (SSSR count). The van der Waals surface area contributed by atoms with Crippen LogP contribution in [0.15, 0.2) is 48.5 Å². The van der Waals surface area contributed by atoms with Crippen molar-refractivity contribution in [1.29, 1.82) is 0 Å². The molecule has 0 spiro atoms. The first-order valence-electron chi connectivity index (χ1n) is 15.1. The van der Waals surface area contributed by atoms with Gasteiger partial charge in [-0.25, -0.2) is 9.97 Å². The van der Waals surface area contributed by atoms with Crippen molar-refractivity contribution in [2.45, 2.75) is 103 Å². The highest BCUT2D eigenvalue weighted by Gasteiger charge is 2.18. The number of pyridine rings is 1. The van der Waals surface area contributed by atoms with Crippen LogP contribution < -0.4 is 11.1 Å². The third-order valence-corrected chi connectivity index (χ3v) is 7.65. The highest BCUT2D eigenvalue weighted by molar-refractivity contribution is 6.07. The number of aromatic nitrogens is 3. The second-order valence-corrected chi connectivity index (χ2v) is 10.8. The highest BCUT2D eigenvalue weighted by Crippen LogP contribution is 2.33. The van der Waals surface area contributed by atoms with Crippen LogP contribution in [0.25, 0.3) is 21.9 Å². The highest BCUT2D eigenvalue weighted by atomic mass is 15.0. The van der Waals surface area contributed by atoms with Crippen LogP contribution >= 0.6 is 0 Å². The summed E-state index contributed by atoms with van der Waals surface area (Å²) in [6, 6.07) is 17.2. The van der Waals surface area contributed by atoms with Gasteiger partial charge in [0.2, 0.25) is 0 Å². The molecule has 0 radical (unpaired) electrons. The summed E-state index contributed by atoms with van der Waals surface area (Å²) in [4.78, 5) is 13.8. The summed E-state index contributed by atoms with van der Waals surface area (Å²) in [7, 11) is 0. The van der Waals surface area contributed by atoms with E-state index in [-0.39, 0.29) is 0 Å². The van der Waals surface area contributed by atoms with Crippen LogP contribution in [0.4, 0.5) is 11.5 Å². The molecule has 38 heavy (non-hydrogen) atoms. The number of benzene rings is 2. The van der Waals surface area contributed by atoms with Crippen molar-refractivity contribution in [3.05, 3.63) is 59.9 Å². The van der Waals surface area contributed by atoms with Crippen molar-refractivity contribution in [2.24, 2.45) is 5.73 Å². The van der Waals surface area contributed by atoms with E-state index < -0.39 is 0 Å². The van der Waals surface area contributed by atoms with Gasteiger partial charge in [0.25, 0.3) is 0 Å². The largest absolute Gasteiger partial charge is 0.339 e. The fourth-order valence-corrected chi connectivity index (χ4v) is 5.53. The van der Waals surface area contributed by atoms with Gasteiger partial charge >= 0.3 is 0 Å². The lowest BCUT2D eigenvalue weighted by atomic mass is 9.98. The lowest BCUT2D eigenvalue weighted by Crippen LogP contribution is -2.00. The number of unbranched alkanes of at least 4 members (excludes halogenated alkanes) is 7. The number of nitrogens with zero attached hydrogens (tertiary/aromatic N) is 2. The molecule has 0 unspecified atom stereocenters. The topological polar surface area (TPSA) is 79.6 Å². The van der Waals surface area contributed by atoms with Crippen LogP contribution in [-0.4, -0.2) is 21.5 Å². The van der Waals surface area contributed by atoms with Crippen LogP contribution in [0.2, 0.25) is 0 Å². The molecule has 0 saturated heterocycles. The predicted octanol–water partition coefficient (Wildman–Crippen LogP) is 9.16. The Labute approximate surface area is 229 Å². The summed E-state index contributed by atoms with van der Waals surface area (Å²) in [5.74, 6) is 2.40. The van der Waals surface area contributed by atoms with E-state index in [0.29, 0.717) is 5.92 Å². The summed E-state index contributed by atoms with van der Waals surface area (Å²) < 4.78 is 0. The molecule has 204 valence electrons. The minimum Gasteiger partial charge on any atom is -0.339 e. The third-order valence-electron chi connectivity index (χ3n) is 7.65. The Morgan fingerprint density at radius 3 is 2.13 bits per heavy atom. The van der Waals surface area contributed by atoms with Crippen LogP contribution in [0.3, 0.4) is 0 Å². The summed E-state index contributed by atoms with van der Waals surface area (Å²) in [5.41, 5.74) is 11.0. The first-order chi connectivity index (χ1) is 18.7. The van der Waals surface area contributed by atoms with E-state index >= 15 is 0 Å². The number of hydrogen-bond donors (Lipinski definition) is 3. The second-order valence-electron chi connectivity index (χ2n) is 10.8. The molecule has 0 saturated carbocycles. The van der Waals surface area contributed by atoms with Gasteiger partial charge in [0.05, 0.1) is 5.52 Å². The van der Waals surface area contributed by atoms with E-state index in [4.69, 9.17) is 15.7 Å². The van der Waals surface area contributed by atoms with Gasteiger partial charge in [0, 0.05) is 17.0 Å². The fourth-order valence-electron chi connectivity index (χ4n) is 5.53. The number of para-hydroxylation sites is 1. The van der Waals surface area contributed by atoms with Gasteiger partial charge in [-0.3, -0.25) is 0 Å². The maximum atomic E-state index is 5.57. The third kappa shape index (κ3) is 7.57. The molecule has 4 aromatic rings. The number of fused-ring (bicyclic) bond motifs is 3. The summed E-state index contributed by atoms with van der Waals surface area (Å²) >= 11 is 0. The Morgan fingerprint density at radius 1 is 0.789 bits per heavy atom. The number of nitrogens with one attached hydrogen (secondary N) is 2. The van der Waals surface area contributed by atoms with Crippen LogP contribution in [-0.2, 0) is 6.42 Å². The number of aromatic amines is 1. The molecule has 5 heteroatoms. The number of aryl methyl sites for hydroxylation is 1. The van der Waals surface area contributed by atoms with Crippen molar-refractivity contribution in [1.82, 2.24) is 15.0 Å². The quantitative estimate of drug-likeness (QED) is 0.123. The average Bonchev–Trinajstić information content (AvgIpc) is 3.39. The summed E-state index contributed by atoms with van der Waals surface area (Å²) in [6.07, 6.45) is 16.2. The van der Waals surface area contributed by atoms with Crippen molar-refractivity contribution in [3.63, 3.8) is 0 Å². The van der Waals surface area contributed by atoms with E-state index in [2.05, 4.69) is 66.6 Å². The van der Waals surface area contributed by atoms with E-state index in [1.54, 1.807) is 0 Å². The predicted molar refractivity (Wildman–Crippen MR) is 163 cm³/mol. The molecule has 0 aliphatic heterocycles. The van der Waals surface area contributed by atoms with Gasteiger partial charge < -0.3 is 16.0 Å². The average molecular weight is 514 g/mol. The number of hydrogen-bond acceptors (Lipinski definition) is 4. The van der Waals surface area contributed by atoms with Gasteiger partial charge in [-0.15, -0.1) is 0 Å². The number of H-pyrrole nitrogens is 1. The SMILES string of the molecule is CCCC(CCC)c1nc2c([nH]1)c(Nc1ccc(CCCCCCCCCCN)cc1)nc1ccccc12. The number of nitrogens with two attached hydrogens (primary N) is 1. The van der Waals surface area contributed by atoms with Crippen molar-refractivity contribution in [2.75, 3.05) is 11.9 Å². The van der Waals surface area contributed by atoms with Crippen LogP contribution in [0.1, 0.15) is 108 Å². The molecule has 0 atom stereocenters. The Balaban J connectivity index is 1.42. The summed E-state index contributed by atoms with van der Waals surface area (Å²) in [6.45, 7) is 5.34. The number of rotatable bonds is 17. The normalized spacial score (nSPS) is 11.7. The molecule has 2 aromatic carbocycles. The van der Waals surface area contributed by atoms with E-state index in [1.807, 2.05) is 6.07 Å². The lowest BCUT2D eigenvalue weighted by Gasteiger charge is -2.11. The van der Waals surface area contributed by atoms with Gasteiger partial charge in [-0.05, 0) is 62.4 Å². The fraction of sp³-hybridized carbons (Fsp3) is 0.515. The minimum absolute atomic E-state index is 0.458. The van der Waals surface area contributed by atoms with Crippen molar-refractivity contribution < 1.29 is 0 Å². The Morgan fingerprint density at radius 2 is 1.45 bits per heavy atom. The molecule has 4 N–H and O–H groups in total. The zero-order valence-corrected chi connectivity index (χ0v) is 23.6. The van der Waals surface area contributed by atoms with Crippen molar-refractivity contribution >= 4 is 33.4 Å². The van der Waals surface area contributed by atoms with Gasteiger partial charge in [-0.1, -0.05) is 95.5 Å². The van der Waals surface area contributed by atoms with Gasteiger partial charge in [0.1, 0.15) is 16.9 Å². The number of anilines is 2. The maximum absolute atomic E-state index is 5.57. The first kappa shape index (κ1) is 28.1. The second kappa shape index (κ2) is 14.9. The molecule has 0 aliphatic carbocycles. The molecule has 2 heterocycles. The molecule has 5 nitrogen and oxygen atoms in total. The molecule has 0 bridgehead atoms. The van der Waals surface area contributed by atoms with E-state index in [1.165, 1.54) is 56.9 Å². The Kier molecular flexibility index (Phi) is 11.0. The molecule has 0 fully saturated rings. The Bertz CT molecular complexity index is 1240. The monoisotopic (exact) mass is 513 g/mol. The smallest absolute Gasteiger partial charge is 0.157 e. The summed E-state index contributed by atoms with van der Waals surface area (Å²) in [5, 5.41) is 4.70. The van der Waals surface area contributed by atoms with Crippen LogP contribution in [0, 0.1) is 0 Å². The van der Waals surface area contributed by atoms with Crippen molar-refractivity contribution in [3.8, 4) is 0 Å². The zero-order valence-electron chi connectivity index (χ0n) is 23.6.